The van der Waals surface area contributed by atoms with E-state index >= 15 is 0 Å². The highest BCUT2D eigenvalue weighted by Gasteiger charge is 2.67. The summed E-state index contributed by atoms with van der Waals surface area (Å²) in [5, 5.41) is 0. The van der Waals surface area contributed by atoms with E-state index in [0.717, 1.165) is 18.3 Å². The second-order valence-electron chi connectivity index (χ2n) is 16.0. The average Bonchev–Trinajstić information content (AvgIpc) is 3.27. The third-order valence-electron chi connectivity index (χ3n) is 13.9. The quantitative estimate of drug-likeness (QED) is 0.261. The van der Waals surface area contributed by atoms with Gasteiger partial charge in [-0.3, -0.25) is 4.79 Å². The first-order chi connectivity index (χ1) is 20.4. The smallest absolute Gasteiger partial charge is 0.302 e. The van der Waals surface area contributed by atoms with Crippen LogP contribution in [0.2, 0.25) is 0 Å². The zero-order valence-corrected chi connectivity index (χ0v) is 27.8. The van der Waals surface area contributed by atoms with Gasteiger partial charge in [0, 0.05) is 12.3 Å². The van der Waals surface area contributed by atoms with Crippen LogP contribution in [-0.2, 0) is 9.53 Å². The van der Waals surface area contributed by atoms with Gasteiger partial charge in [0.1, 0.15) is 6.10 Å². The van der Waals surface area contributed by atoms with Gasteiger partial charge < -0.3 is 4.74 Å². The molecule has 4 aliphatic carbocycles. The standard InChI is InChI=1S/C41H54O2/c1-28(18-19-32(30-14-10-8-11-15-30)31-16-12-9-13-17-31)33-22-26-41(7)35-20-21-36-38(3,4)37(43-29(2)42)24-25-39(36,5)34(35)23-27-40(33,41)6/h8-19,33-37H,20-27H2,1-7H3/b28-18+. The fourth-order valence-electron chi connectivity index (χ4n) is 11.5. The Hall–Kier alpha value is -2.61. The zero-order chi connectivity index (χ0) is 30.6. The largest absolute Gasteiger partial charge is 0.462 e. The van der Waals surface area contributed by atoms with Crippen molar-refractivity contribution in [1.29, 1.82) is 0 Å². The molecular formula is C41H54O2. The Morgan fingerprint density at radius 2 is 1.30 bits per heavy atom. The number of rotatable bonds is 5. The van der Waals surface area contributed by atoms with Gasteiger partial charge in [0.05, 0.1) is 0 Å². The summed E-state index contributed by atoms with van der Waals surface area (Å²) in [7, 11) is 0. The summed E-state index contributed by atoms with van der Waals surface area (Å²) < 4.78 is 5.93. The summed E-state index contributed by atoms with van der Waals surface area (Å²) in [6.45, 7) is 16.8. The molecule has 0 aliphatic heterocycles. The number of benzene rings is 2. The van der Waals surface area contributed by atoms with Crippen LogP contribution in [0.5, 0.6) is 0 Å². The van der Waals surface area contributed by atoms with Gasteiger partial charge >= 0.3 is 5.97 Å². The van der Waals surface area contributed by atoms with Crippen LogP contribution in [0.3, 0.4) is 0 Å². The van der Waals surface area contributed by atoms with E-state index in [1.807, 2.05) is 0 Å². The van der Waals surface area contributed by atoms with Crippen LogP contribution in [-0.4, -0.2) is 12.1 Å². The lowest BCUT2D eigenvalue weighted by Gasteiger charge is -2.67. The SMILES string of the molecule is CC(=O)OC1CCC2(C)C3CCC4(C)C(/C(C)=C/C=C(c5ccccc5)c5ccccc5)CCC4(C)C3CCC2C1(C)C. The second-order valence-corrected chi connectivity index (χ2v) is 16.0. The van der Waals surface area contributed by atoms with Gasteiger partial charge in [-0.1, -0.05) is 113 Å². The van der Waals surface area contributed by atoms with Crippen molar-refractivity contribution >= 4 is 11.5 Å². The Morgan fingerprint density at radius 3 is 1.91 bits per heavy atom. The maximum Gasteiger partial charge on any atom is 0.302 e. The van der Waals surface area contributed by atoms with Crippen molar-refractivity contribution < 1.29 is 9.53 Å². The molecular weight excluding hydrogens is 524 g/mol. The minimum Gasteiger partial charge on any atom is -0.462 e. The van der Waals surface area contributed by atoms with Crippen molar-refractivity contribution in [3.05, 3.63) is 89.5 Å². The number of carbonyl (C=O) groups excluding carboxylic acids is 1. The normalized spacial score (nSPS) is 38.3. The average molecular weight is 579 g/mol. The van der Waals surface area contributed by atoms with Gasteiger partial charge in [0.15, 0.2) is 0 Å². The monoisotopic (exact) mass is 578 g/mol. The molecule has 6 rings (SSSR count). The van der Waals surface area contributed by atoms with Crippen molar-refractivity contribution in [2.45, 2.75) is 106 Å². The van der Waals surface area contributed by atoms with Crippen molar-refractivity contribution in [2.75, 3.05) is 0 Å². The first kappa shape index (κ1) is 30.4. The van der Waals surface area contributed by atoms with Crippen molar-refractivity contribution in [1.82, 2.24) is 0 Å². The van der Waals surface area contributed by atoms with E-state index in [4.69, 9.17) is 4.74 Å². The molecule has 8 unspecified atom stereocenters. The third-order valence-corrected chi connectivity index (χ3v) is 13.9. The molecule has 4 aliphatic rings. The molecule has 0 N–H and O–H groups in total. The third kappa shape index (κ3) is 4.87. The molecule has 4 saturated carbocycles. The van der Waals surface area contributed by atoms with Crippen molar-refractivity contribution in [2.24, 2.45) is 45.3 Å². The molecule has 0 saturated heterocycles. The minimum absolute atomic E-state index is 0.0321. The Morgan fingerprint density at radius 1 is 0.698 bits per heavy atom. The molecule has 43 heavy (non-hydrogen) atoms. The Balaban J connectivity index is 1.28. The first-order valence-electron chi connectivity index (χ1n) is 17.1. The molecule has 0 bridgehead atoms. The van der Waals surface area contributed by atoms with E-state index in [-0.39, 0.29) is 17.5 Å². The Labute approximate surface area is 261 Å². The Kier molecular flexibility index (Phi) is 7.84. The molecule has 0 heterocycles. The number of allylic oxidation sites excluding steroid dienone is 3. The summed E-state index contributed by atoms with van der Waals surface area (Å²) >= 11 is 0. The fourth-order valence-corrected chi connectivity index (χ4v) is 11.5. The van der Waals surface area contributed by atoms with E-state index in [1.54, 1.807) is 12.5 Å². The molecule has 0 aromatic heterocycles. The van der Waals surface area contributed by atoms with Crippen molar-refractivity contribution in [3.8, 4) is 0 Å². The van der Waals surface area contributed by atoms with E-state index in [0.29, 0.717) is 28.1 Å². The highest BCUT2D eigenvalue weighted by atomic mass is 16.5. The molecule has 2 aromatic carbocycles. The summed E-state index contributed by atoms with van der Waals surface area (Å²) in [5.74, 6) is 2.68. The first-order valence-corrected chi connectivity index (χ1v) is 17.1. The molecule has 0 radical (unpaired) electrons. The number of carbonyl (C=O) groups is 1. The molecule has 4 fully saturated rings. The summed E-state index contributed by atoms with van der Waals surface area (Å²) in [6.07, 6.45) is 15.0. The topological polar surface area (TPSA) is 26.3 Å². The van der Waals surface area contributed by atoms with Crippen LogP contribution in [0.1, 0.15) is 111 Å². The molecule has 2 aromatic rings. The highest BCUT2D eigenvalue weighted by molar-refractivity contribution is 5.80. The van der Waals surface area contributed by atoms with E-state index in [2.05, 4.69) is 114 Å². The zero-order valence-electron chi connectivity index (χ0n) is 27.8. The van der Waals surface area contributed by atoms with Crippen LogP contribution in [0, 0.1) is 45.3 Å². The predicted molar refractivity (Wildman–Crippen MR) is 178 cm³/mol. The number of fused-ring (bicyclic) bond motifs is 5. The fraction of sp³-hybridized carbons (Fsp3) is 0.585. The highest BCUT2D eigenvalue weighted by Crippen LogP contribution is 2.74. The Bertz CT molecular complexity index is 1340. The van der Waals surface area contributed by atoms with E-state index < -0.39 is 0 Å². The molecule has 0 amide bonds. The van der Waals surface area contributed by atoms with Gasteiger partial charge in [-0.05, 0) is 115 Å². The maximum atomic E-state index is 12.0. The van der Waals surface area contributed by atoms with Gasteiger partial charge in [0.2, 0.25) is 0 Å². The summed E-state index contributed by atoms with van der Waals surface area (Å²) in [4.78, 5) is 12.0. The maximum absolute atomic E-state index is 12.0. The molecule has 0 spiro atoms. The van der Waals surface area contributed by atoms with Crippen LogP contribution in [0.25, 0.3) is 5.57 Å². The van der Waals surface area contributed by atoms with Crippen LogP contribution in [0.4, 0.5) is 0 Å². The van der Waals surface area contributed by atoms with Crippen LogP contribution < -0.4 is 0 Å². The predicted octanol–water partition coefficient (Wildman–Crippen LogP) is 10.7. The van der Waals surface area contributed by atoms with Crippen LogP contribution in [0.15, 0.2) is 78.4 Å². The van der Waals surface area contributed by atoms with Gasteiger partial charge in [0.25, 0.3) is 0 Å². The second kappa shape index (κ2) is 11.1. The van der Waals surface area contributed by atoms with Gasteiger partial charge in [-0.2, -0.15) is 0 Å². The minimum atomic E-state index is -0.119. The number of esters is 1. The van der Waals surface area contributed by atoms with Crippen molar-refractivity contribution in [3.63, 3.8) is 0 Å². The van der Waals surface area contributed by atoms with E-state index in [1.165, 1.54) is 61.6 Å². The lowest BCUT2D eigenvalue weighted by molar-refractivity contribution is -0.207. The molecule has 2 nitrogen and oxygen atoms in total. The molecule has 230 valence electrons. The number of ether oxygens (including phenoxy) is 1. The summed E-state index contributed by atoms with van der Waals surface area (Å²) in [5.41, 5.74) is 6.46. The lowest BCUT2D eigenvalue weighted by atomic mass is 9.38. The van der Waals surface area contributed by atoms with Gasteiger partial charge in [-0.25, -0.2) is 0 Å². The lowest BCUT2D eigenvalue weighted by Crippen LogP contribution is -2.61. The van der Waals surface area contributed by atoms with Crippen LogP contribution >= 0.6 is 0 Å². The molecule has 2 heteroatoms. The van der Waals surface area contributed by atoms with Gasteiger partial charge in [-0.15, -0.1) is 0 Å². The van der Waals surface area contributed by atoms with E-state index in [9.17, 15) is 4.79 Å². The summed E-state index contributed by atoms with van der Waals surface area (Å²) in [6, 6.07) is 21.7. The number of hydrogen-bond donors (Lipinski definition) is 0. The number of hydrogen-bond acceptors (Lipinski definition) is 2. The molecule has 8 atom stereocenters.